The second kappa shape index (κ2) is 8.22. The lowest BCUT2D eigenvalue weighted by Crippen LogP contribution is -2.19. The molecular formula is C12H20O5. The second-order valence-corrected chi connectivity index (χ2v) is 3.87. The summed E-state index contributed by atoms with van der Waals surface area (Å²) in [4.78, 5) is 11.1. The highest BCUT2D eigenvalue weighted by molar-refractivity contribution is 5.90. The van der Waals surface area contributed by atoms with Gasteiger partial charge in [0.1, 0.15) is 12.9 Å². The molecule has 0 saturated heterocycles. The number of ketones is 1. The molecule has 0 aromatic rings. The average molecular weight is 244 g/mol. The van der Waals surface area contributed by atoms with E-state index in [1.807, 2.05) is 0 Å². The Morgan fingerprint density at radius 3 is 3.12 bits per heavy atom. The number of carbonyl (C=O) groups excluding carboxylic acids is 1. The second-order valence-electron chi connectivity index (χ2n) is 3.87. The third-order valence-electron chi connectivity index (χ3n) is 2.49. The van der Waals surface area contributed by atoms with Crippen molar-refractivity contribution in [3.8, 4) is 0 Å². The van der Waals surface area contributed by atoms with E-state index in [0.29, 0.717) is 13.0 Å². The van der Waals surface area contributed by atoms with Gasteiger partial charge in [0.05, 0.1) is 6.26 Å². The standard InChI is InChI=1S/C12H20O5/c1-10(14-2)17-9-15-6-3-4-12-8-11(13)5-7-16-12/h5,7,10,12H,3-4,6,8-9H2,1-2H3/t10-,12-/m0/s1. The van der Waals surface area contributed by atoms with Crippen LogP contribution >= 0.6 is 0 Å². The Morgan fingerprint density at radius 2 is 2.41 bits per heavy atom. The maximum Gasteiger partial charge on any atom is 0.162 e. The lowest BCUT2D eigenvalue weighted by Gasteiger charge is -2.18. The van der Waals surface area contributed by atoms with Crippen molar-refractivity contribution in [3.63, 3.8) is 0 Å². The zero-order chi connectivity index (χ0) is 12.5. The van der Waals surface area contributed by atoms with Crippen molar-refractivity contribution in [2.45, 2.75) is 38.6 Å². The molecule has 0 saturated carbocycles. The summed E-state index contributed by atoms with van der Waals surface area (Å²) in [6, 6.07) is 0. The molecule has 98 valence electrons. The van der Waals surface area contributed by atoms with Gasteiger partial charge in [-0.05, 0) is 19.8 Å². The minimum atomic E-state index is -0.251. The highest BCUT2D eigenvalue weighted by Gasteiger charge is 2.15. The third-order valence-corrected chi connectivity index (χ3v) is 2.49. The smallest absolute Gasteiger partial charge is 0.162 e. The zero-order valence-electron chi connectivity index (χ0n) is 10.4. The van der Waals surface area contributed by atoms with Crippen LogP contribution in [0.5, 0.6) is 0 Å². The minimum Gasteiger partial charge on any atom is -0.497 e. The molecule has 1 rings (SSSR count). The summed E-state index contributed by atoms with van der Waals surface area (Å²) in [7, 11) is 1.58. The maximum absolute atomic E-state index is 11.1. The highest BCUT2D eigenvalue weighted by Crippen LogP contribution is 2.12. The average Bonchev–Trinajstić information content (AvgIpc) is 2.33. The van der Waals surface area contributed by atoms with Crippen LogP contribution in [0.25, 0.3) is 0 Å². The van der Waals surface area contributed by atoms with E-state index in [-0.39, 0.29) is 25.0 Å². The van der Waals surface area contributed by atoms with Crippen LogP contribution in [-0.4, -0.2) is 38.7 Å². The predicted molar refractivity (Wildman–Crippen MR) is 61.2 cm³/mol. The van der Waals surface area contributed by atoms with Gasteiger partial charge in [-0.15, -0.1) is 0 Å². The first-order valence-corrected chi connectivity index (χ1v) is 5.79. The molecule has 1 aliphatic rings. The monoisotopic (exact) mass is 244 g/mol. The van der Waals surface area contributed by atoms with Gasteiger partial charge in [-0.25, -0.2) is 0 Å². The van der Waals surface area contributed by atoms with Gasteiger partial charge < -0.3 is 18.9 Å². The molecule has 0 aromatic carbocycles. The van der Waals surface area contributed by atoms with Crippen molar-refractivity contribution in [2.24, 2.45) is 0 Å². The van der Waals surface area contributed by atoms with Crippen molar-refractivity contribution in [1.29, 1.82) is 0 Å². The quantitative estimate of drug-likeness (QED) is 0.479. The Labute approximate surface area is 102 Å². The summed E-state index contributed by atoms with van der Waals surface area (Å²) in [5.74, 6) is 0.124. The summed E-state index contributed by atoms with van der Waals surface area (Å²) < 4.78 is 20.6. The van der Waals surface area contributed by atoms with Gasteiger partial charge in [-0.2, -0.15) is 0 Å². The molecule has 5 nitrogen and oxygen atoms in total. The van der Waals surface area contributed by atoms with E-state index in [1.165, 1.54) is 12.3 Å². The molecule has 0 amide bonds. The molecule has 1 aliphatic heterocycles. The summed E-state index contributed by atoms with van der Waals surface area (Å²) in [6.07, 6.45) is 4.81. The van der Waals surface area contributed by atoms with E-state index in [0.717, 1.165) is 12.8 Å². The molecule has 0 bridgehead atoms. The number of ether oxygens (including phenoxy) is 4. The van der Waals surface area contributed by atoms with Gasteiger partial charge in [0, 0.05) is 26.2 Å². The lowest BCUT2D eigenvalue weighted by atomic mass is 10.1. The normalized spacial score (nSPS) is 21.3. The Balaban J connectivity index is 1.94. The van der Waals surface area contributed by atoms with Crippen LogP contribution in [-0.2, 0) is 23.7 Å². The van der Waals surface area contributed by atoms with Crippen molar-refractivity contribution in [3.05, 3.63) is 12.3 Å². The first kappa shape index (κ1) is 14.2. The number of hydrogen-bond donors (Lipinski definition) is 0. The zero-order valence-corrected chi connectivity index (χ0v) is 10.4. The molecule has 0 spiro atoms. The Bertz CT molecular complexity index is 251. The Morgan fingerprint density at radius 1 is 1.59 bits per heavy atom. The number of methoxy groups -OCH3 is 1. The Kier molecular flexibility index (Phi) is 6.84. The number of rotatable bonds is 8. The van der Waals surface area contributed by atoms with Crippen molar-refractivity contribution in [1.82, 2.24) is 0 Å². The molecule has 5 heteroatoms. The molecule has 1 heterocycles. The molecule has 0 aliphatic carbocycles. The van der Waals surface area contributed by atoms with E-state index in [4.69, 9.17) is 18.9 Å². The first-order valence-electron chi connectivity index (χ1n) is 5.79. The van der Waals surface area contributed by atoms with E-state index >= 15 is 0 Å². The van der Waals surface area contributed by atoms with Gasteiger partial charge >= 0.3 is 0 Å². The van der Waals surface area contributed by atoms with Gasteiger partial charge in [0.15, 0.2) is 12.1 Å². The van der Waals surface area contributed by atoms with E-state index in [1.54, 1.807) is 14.0 Å². The fourth-order valence-electron chi connectivity index (χ4n) is 1.42. The topological polar surface area (TPSA) is 54.0 Å². The summed E-state index contributed by atoms with van der Waals surface area (Å²) >= 11 is 0. The van der Waals surface area contributed by atoms with Crippen LogP contribution in [0.1, 0.15) is 26.2 Å². The SMILES string of the molecule is CO[C@H](C)OCOCCC[C@H]1CC(=O)C=CO1. The maximum atomic E-state index is 11.1. The molecule has 0 unspecified atom stereocenters. The molecule has 0 fully saturated rings. The van der Waals surface area contributed by atoms with E-state index < -0.39 is 0 Å². The van der Waals surface area contributed by atoms with Crippen molar-refractivity contribution >= 4 is 5.78 Å². The van der Waals surface area contributed by atoms with Crippen LogP contribution in [0.3, 0.4) is 0 Å². The lowest BCUT2D eigenvalue weighted by molar-refractivity contribution is -0.174. The van der Waals surface area contributed by atoms with Crippen LogP contribution in [0.4, 0.5) is 0 Å². The third kappa shape index (κ3) is 6.41. The first-order chi connectivity index (χ1) is 8.22. The number of carbonyl (C=O) groups is 1. The van der Waals surface area contributed by atoms with Crippen LogP contribution in [0.2, 0.25) is 0 Å². The molecule has 17 heavy (non-hydrogen) atoms. The number of hydrogen-bond acceptors (Lipinski definition) is 5. The fourth-order valence-corrected chi connectivity index (χ4v) is 1.42. The molecule has 0 radical (unpaired) electrons. The fraction of sp³-hybridized carbons (Fsp3) is 0.750. The Hall–Kier alpha value is -0.910. The predicted octanol–water partition coefficient (Wildman–Crippen LogP) is 1.62. The molecular weight excluding hydrogens is 224 g/mol. The van der Waals surface area contributed by atoms with Crippen molar-refractivity contribution < 1.29 is 23.7 Å². The van der Waals surface area contributed by atoms with Crippen LogP contribution < -0.4 is 0 Å². The van der Waals surface area contributed by atoms with Gasteiger partial charge in [0.25, 0.3) is 0 Å². The van der Waals surface area contributed by atoms with Crippen LogP contribution in [0, 0.1) is 0 Å². The largest absolute Gasteiger partial charge is 0.497 e. The van der Waals surface area contributed by atoms with E-state index in [2.05, 4.69) is 0 Å². The summed E-state index contributed by atoms with van der Waals surface area (Å²) in [5, 5.41) is 0. The summed E-state index contributed by atoms with van der Waals surface area (Å²) in [5.41, 5.74) is 0. The van der Waals surface area contributed by atoms with Gasteiger partial charge in [0.2, 0.25) is 0 Å². The van der Waals surface area contributed by atoms with Gasteiger partial charge in [-0.1, -0.05) is 0 Å². The molecule has 0 N–H and O–H groups in total. The molecule has 2 atom stereocenters. The summed E-state index contributed by atoms with van der Waals surface area (Å²) in [6.45, 7) is 2.62. The van der Waals surface area contributed by atoms with E-state index in [9.17, 15) is 4.79 Å². The van der Waals surface area contributed by atoms with Crippen LogP contribution in [0.15, 0.2) is 12.3 Å². The number of allylic oxidation sites excluding steroid dienone is 1. The van der Waals surface area contributed by atoms with Gasteiger partial charge in [-0.3, -0.25) is 4.79 Å². The van der Waals surface area contributed by atoms with Crippen molar-refractivity contribution in [2.75, 3.05) is 20.5 Å². The molecule has 0 aromatic heterocycles. The minimum absolute atomic E-state index is 0.00471. The highest BCUT2D eigenvalue weighted by atomic mass is 16.7.